The standard InChI is InChI=1S/C13H9F4N/c14-10-3-7(1-2-8(10)6-18)9-4-11(15)13(17)12(16)5-9/h1-5H,6,18H2. The molecule has 0 spiro atoms. The molecule has 0 bridgehead atoms. The largest absolute Gasteiger partial charge is 0.326 e. The summed E-state index contributed by atoms with van der Waals surface area (Å²) in [6.45, 7) is 0.0260. The molecule has 0 aliphatic heterocycles. The third-order valence-corrected chi connectivity index (χ3v) is 2.59. The number of halogens is 4. The maximum absolute atomic E-state index is 13.5. The molecule has 0 aromatic heterocycles. The lowest BCUT2D eigenvalue weighted by molar-refractivity contribution is 0.447. The summed E-state index contributed by atoms with van der Waals surface area (Å²) in [6, 6.07) is 5.63. The lowest BCUT2D eigenvalue weighted by Crippen LogP contribution is -2.00. The average molecular weight is 255 g/mol. The minimum absolute atomic E-state index is 0.0260. The van der Waals surface area contributed by atoms with Gasteiger partial charge in [0, 0.05) is 12.1 Å². The van der Waals surface area contributed by atoms with E-state index in [9.17, 15) is 17.6 Å². The molecular weight excluding hydrogens is 246 g/mol. The van der Waals surface area contributed by atoms with Gasteiger partial charge in [0.25, 0.3) is 0 Å². The molecule has 2 N–H and O–H groups in total. The monoisotopic (exact) mass is 255 g/mol. The Hall–Kier alpha value is -1.88. The van der Waals surface area contributed by atoms with E-state index in [1.54, 1.807) is 0 Å². The molecule has 1 nitrogen and oxygen atoms in total. The van der Waals surface area contributed by atoms with Gasteiger partial charge in [-0.15, -0.1) is 0 Å². The van der Waals surface area contributed by atoms with Gasteiger partial charge in [-0.2, -0.15) is 0 Å². The van der Waals surface area contributed by atoms with Crippen LogP contribution in [0.3, 0.4) is 0 Å². The van der Waals surface area contributed by atoms with Crippen molar-refractivity contribution in [1.29, 1.82) is 0 Å². The zero-order valence-electron chi connectivity index (χ0n) is 9.18. The third kappa shape index (κ3) is 2.22. The number of rotatable bonds is 2. The Balaban J connectivity index is 2.52. The van der Waals surface area contributed by atoms with Crippen LogP contribution in [0.2, 0.25) is 0 Å². The first-order valence-corrected chi connectivity index (χ1v) is 5.16. The summed E-state index contributed by atoms with van der Waals surface area (Å²) >= 11 is 0. The van der Waals surface area contributed by atoms with Crippen LogP contribution < -0.4 is 5.73 Å². The van der Waals surface area contributed by atoms with Crippen LogP contribution >= 0.6 is 0 Å². The lowest BCUT2D eigenvalue weighted by Gasteiger charge is -2.06. The predicted molar refractivity (Wildman–Crippen MR) is 59.6 cm³/mol. The molecule has 0 amide bonds. The smallest absolute Gasteiger partial charge is 0.194 e. The topological polar surface area (TPSA) is 26.0 Å². The minimum Gasteiger partial charge on any atom is -0.326 e. The van der Waals surface area contributed by atoms with Crippen molar-refractivity contribution in [3.63, 3.8) is 0 Å². The van der Waals surface area contributed by atoms with Crippen LogP contribution in [0.25, 0.3) is 11.1 Å². The van der Waals surface area contributed by atoms with Gasteiger partial charge in [-0.25, -0.2) is 17.6 Å². The van der Waals surface area contributed by atoms with Crippen molar-refractivity contribution in [3.05, 3.63) is 59.2 Å². The lowest BCUT2D eigenvalue weighted by atomic mass is 10.0. The highest BCUT2D eigenvalue weighted by atomic mass is 19.2. The summed E-state index contributed by atoms with van der Waals surface area (Å²) in [7, 11) is 0. The van der Waals surface area contributed by atoms with E-state index in [0.29, 0.717) is 5.56 Å². The van der Waals surface area contributed by atoms with Gasteiger partial charge in [-0.05, 0) is 29.3 Å². The second-order valence-corrected chi connectivity index (χ2v) is 3.76. The molecule has 0 aliphatic carbocycles. The molecule has 0 heterocycles. The summed E-state index contributed by atoms with van der Waals surface area (Å²) in [4.78, 5) is 0. The number of hydrogen-bond donors (Lipinski definition) is 1. The maximum atomic E-state index is 13.5. The second-order valence-electron chi connectivity index (χ2n) is 3.76. The van der Waals surface area contributed by atoms with Crippen LogP contribution in [-0.2, 0) is 6.54 Å². The van der Waals surface area contributed by atoms with Crippen LogP contribution in [-0.4, -0.2) is 0 Å². The second kappa shape index (κ2) is 4.78. The highest BCUT2D eigenvalue weighted by molar-refractivity contribution is 5.64. The molecule has 0 radical (unpaired) electrons. The van der Waals surface area contributed by atoms with Gasteiger partial charge in [-0.1, -0.05) is 12.1 Å². The summed E-state index contributed by atoms with van der Waals surface area (Å²) in [6.07, 6.45) is 0. The Labute approximate surface area is 101 Å². The zero-order chi connectivity index (χ0) is 13.3. The molecule has 94 valence electrons. The molecule has 0 fully saturated rings. The van der Waals surface area contributed by atoms with Gasteiger partial charge in [0.2, 0.25) is 0 Å². The van der Waals surface area contributed by atoms with Gasteiger partial charge < -0.3 is 5.73 Å². The first kappa shape index (κ1) is 12.6. The first-order valence-electron chi connectivity index (χ1n) is 5.16. The van der Waals surface area contributed by atoms with Crippen LogP contribution in [0.5, 0.6) is 0 Å². The van der Waals surface area contributed by atoms with E-state index in [2.05, 4.69) is 0 Å². The molecule has 2 aromatic rings. The molecule has 18 heavy (non-hydrogen) atoms. The Morgan fingerprint density at radius 1 is 0.778 bits per heavy atom. The summed E-state index contributed by atoms with van der Waals surface area (Å²) < 4.78 is 52.3. The number of benzene rings is 2. The van der Waals surface area contributed by atoms with Crippen LogP contribution in [0, 0.1) is 23.3 Å². The Kier molecular flexibility index (Phi) is 3.34. The van der Waals surface area contributed by atoms with Crippen molar-refractivity contribution in [3.8, 4) is 11.1 Å². The maximum Gasteiger partial charge on any atom is 0.194 e. The Morgan fingerprint density at radius 3 is 1.83 bits per heavy atom. The number of hydrogen-bond acceptors (Lipinski definition) is 1. The van der Waals surface area contributed by atoms with Gasteiger partial charge in [0.05, 0.1) is 0 Å². The van der Waals surface area contributed by atoms with Crippen molar-refractivity contribution >= 4 is 0 Å². The Bertz CT molecular complexity index is 573. The quantitative estimate of drug-likeness (QED) is 0.646. The van der Waals surface area contributed by atoms with Crippen molar-refractivity contribution < 1.29 is 17.6 Å². The van der Waals surface area contributed by atoms with E-state index in [1.165, 1.54) is 12.1 Å². The van der Waals surface area contributed by atoms with Crippen LogP contribution in [0.15, 0.2) is 30.3 Å². The molecule has 0 aliphatic rings. The molecule has 2 rings (SSSR count). The molecule has 0 atom stereocenters. The molecule has 0 unspecified atom stereocenters. The summed E-state index contributed by atoms with van der Waals surface area (Å²) in [5, 5.41) is 0. The van der Waals surface area contributed by atoms with Gasteiger partial charge in [-0.3, -0.25) is 0 Å². The van der Waals surface area contributed by atoms with E-state index >= 15 is 0 Å². The predicted octanol–water partition coefficient (Wildman–Crippen LogP) is 3.37. The molecule has 5 heteroatoms. The van der Waals surface area contributed by atoms with Gasteiger partial charge in [0.15, 0.2) is 17.5 Å². The minimum atomic E-state index is -1.54. The van der Waals surface area contributed by atoms with Crippen molar-refractivity contribution in [2.45, 2.75) is 6.54 Å². The fourth-order valence-corrected chi connectivity index (χ4v) is 1.61. The SMILES string of the molecule is NCc1ccc(-c2cc(F)c(F)c(F)c2)cc1F. The van der Waals surface area contributed by atoms with E-state index in [0.717, 1.165) is 18.2 Å². The fraction of sp³-hybridized carbons (Fsp3) is 0.0769. The van der Waals surface area contributed by atoms with Crippen molar-refractivity contribution in [2.24, 2.45) is 5.73 Å². The van der Waals surface area contributed by atoms with Crippen LogP contribution in [0.4, 0.5) is 17.6 Å². The number of nitrogens with two attached hydrogens (primary N) is 1. The molecule has 0 saturated carbocycles. The fourth-order valence-electron chi connectivity index (χ4n) is 1.61. The highest BCUT2D eigenvalue weighted by Gasteiger charge is 2.12. The van der Waals surface area contributed by atoms with E-state index in [4.69, 9.17) is 5.73 Å². The molecular formula is C13H9F4N. The summed E-state index contributed by atoms with van der Waals surface area (Å²) in [5.74, 6) is -4.74. The highest BCUT2D eigenvalue weighted by Crippen LogP contribution is 2.25. The van der Waals surface area contributed by atoms with Crippen LogP contribution in [0.1, 0.15) is 5.56 Å². The zero-order valence-corrected chi connectivity index (χ0v) is 9.18. The van der Waals surface area contributed by atoms with E-state index in [1.807, 2.05) is 0 Å². The molecule has 2 aromatic carbocycles. The first-order chi connectivity index (χ1) is 8.52. The third-order valence-electron chi connectivity index (χ3n) is 2.59. The van der Waals surface area contributed by atoms with E-state index < -0.39 is 23.3 Å². The normalized spacial score (nSPS) is 10.7. The summed E-state index contributed by atoms with van der Waals surface area (Å²) in [5.41, 5.74) is 5.91. The van der Waals surface area contributed by atoms with Crippen molar-refractivity contribution in [2.75, 3.05) is 0 Å². The Morgan fingerprint density at radius 2 is 1.33 bits per heavy atom. The van der Waals surface area contributed by atoms with Gasteiger partial charge >= 0.3 is 0 Å². The van der Waals surface area contributed by atoms with Crippen molar-refractivity contribution in [1.82, 2.24) is 0 Å². The molecule has 0 saturated heterocycles. The van der Waals surface area contributed by atoms with E-state index in [-0.39, 0.29) is 17.7 Å². The average Bonchev–Trinajstić information content (AvgIpc) is 2.35. The van der Waals surface area contributed by atoms with Gasteiger partial charge in [0.1, 0.15) is 5.82 Å².